The number of halogens is 4. The zero-order valence-corrected chi connectivity index (χ0v) is 24.7. The Hall–Kier alpha value is -3.43. The summed E-state index contributed by atoms with van der Waals surface area (Å²) in [5.74, 6) is 0.389. The molecule has 0 atom stereocenters. The molecule has 9 heteroatoms. The Morgan fingerprint density at radius 3 is 2.19 bits per heavy atom. The van der Waals surface area contributed by atoms with Gasteiger partial charge in [0.2, 0.25) is 5.91 Å². The van der Waals surface area contributed by atoms with Gasteiger partial charge in [-0.05, 0) is 75.8 Å². The summed E-state index contributed by atoms with van der Waals surface area (Å²) in [6.45, 7) is 3.07. The molecule has 0 bridgehead atoms. The molecule has 1 fully saturated rings. The van der Waals surface area contributed by atoms with Crippen molar-refractivity contribution in [2.24, 2.45) is 0 Å². The monoisotopic (exact) mass is 636 g/mol. The van der Waals surface area contributed by atoms with Gasteiger partial charge in [0.15, 0.2) is 0 Å². The predicted molar refractivity (Wildman–Crippen MR) is 164 cm³/mol. The second kappa shape index (κ2) is 11.7. The Kier molecular flexibility index (Phi) is 7.98. The first-order valence-corrected chi connectivity index (χ1v) is 15.1. The number of nitrogens with one attached hydrogen (secondary N) is 1. The van der Waals surface area contributed by atoms with Crippen molar-refractivity contribution in [1.82, 2.24) is 15.2 Å². The van der Waals surface area contributed by atoms with Gasteiger partial charge in [0, 0.05) is 36.0 Å². The van der Waals surface area contributed by atoms with Crippen LogP contribution in [-0.2, 0) is 10.2 Å². The zero-order valence-electron chi connectivity index (χ0n) is 23.1. The van der Waals surface area contributed by atoms with Crippen molar-refractivity contribution in [3.63, 3.8) is 0 Å². The lowest BCUT2D eigenvalue weighted by Crippen LogP contribution is -2.48. The van der Waals surface area contributed by atoms with Crippen LogP contribution in [0, 0.1) is 0 Å². The normalized spacial score (nSPS) is 16.3. The minimum atomic E-state index is -4.48. The molecule has 1 amide bonds. The van der Waals surface area contributed by atoms with Gasteiger partial charge >= 0.3 is 6.18 Å². The first-order chi connectivity index (χ1) is 20.3. The van der Waals surface area contributed by atoms with E-state index in [2.05, 4.69) is 49.2 Å². The predicted octanol–water partition coefficient (Wildman–Crippen LogP) is 6.93. The molecular weight excluding hydrogens is 605 g/mol. The number of pyridine rings is 1. The maximum Gasteiger partial charge on any atom is 0.405 e. The Morgan fingerprint density at radius 1 is 0.857 bits per heavy atom. The van der Waals surface area contributed by atoms with Crippen LogP contribution in [0.4, 0.5) is 19.0 Å². The van der Waals surface area contributed by atoms with Crippen LogP contribution in [0.2, 0.25) is 0 Å². The number of unbranched alkanes of at least 4 members (excludes halogenated alkanes) is 1. The zero-order chi connectivity index (χ0) is 29.3. The summed E-state index contributed by atoms with van der Waals surface area (Å²) in [6, 6.07) is 25.5. The molecule has 6 rings (SSSR count). The van der Waals surface area contributed by atoms with Crippen LogP contribution in [0.15, 0.2) is 83.3 Å². The fourth-order valence-corrected chi connectivity index (χ4v) is 6.96. The molecule has 0 spiro atoms. The molecule has 1 saturated heterocycles. The quantitative estimate of drug-likeness (QED) is 0.213. The van der Waals surface area contributed by atoms with Crippen LogP contribution >= 0.6 is 15.9 Å². The first-order valence-electron chi connectivity index (χ1n) is 14.3. The number of hydrogen-bond acceptors (Lipinski definition) is 4. The van der Waals surface area contributed by atoms with Gasteiger partial charge in [-0.2, -0.15) is 13.2 Å². The maximum absolute atomic E-state index is 13.7. The molecule has 1 aromatic heterocycles. The Morgan fingerprint density at radius 2 is 1.52 bits per heavy atom. The number of benzene rings is 3. The van der Waals surface area contributed by atoms with Crippen LogP contribution in [0.25, 0.3) is 22.0 Å². The van der Waals surface area contributed by atoms with Crippen molar-refractivity contribution in [3.8, 4) is 11.1 Å². The number of rotatable bonds is 8. The molecule has 1 N–H and O–H groups in total. The highest BCUT2D eigenvalue weighted by Crippen LogP contribution is 2.51. The highest BCUT2D eigenvalue weighted by molar-refractivity contribution is 9.10. The van der Waals surface area contributed by atoms with Crippen molar-refractivity contribution in [1.29, 1.82) is 0 Å². The second-order valence-corrected chi connectivity index (χ2v) is 11.9. The number of hydrogen-bond donors (Lipinski definition) is 1. The smallest absolute Gasteiger partial charge is 0.354 e. The van der Waals surface area contributed by atoms with Gasteiger partial charge in [0.05, 0.1) is 5.52 Å². The number of piperazine rings is 1. The molecule has 1 aliphatic heterocycles. The van der Waals surface area contributed by atoms with Gasteiger partial charge in [-0.25, -0.2) is 4.98 Å². The third-order valence-corrected chi connectivity index (χ3v) is 9.17. The van der Waals surface area contributed by atoms with Gasteiger partial charge in [0.1, 0.15) is 17.8 Å². The SMILES string of the molecule is O=C(NCC(F)(F)F)C1(CCCCN2CCN(c3ccc4cccc(Br)c4n3)CC2)c2ccccc2-c2ccccc21. The van der Waals surface area contributed by atoms with Crippen molar-refractivity contribution < 1.29 is 18.0 Å². The standard InChI is InChI=1S/C33H32BrF3N4O/c34-28-13-7-8-23-14-15-29(39-30(23)28)41-20-18-40(19-21-41)17-6-5-16-32(31(42)38-22-33(35,36)37)26-11-3-1-9-24(26)25-10-2-4-12-27(25)32/h1-4,7-15H,5-6,16-22H2,(H,38,42). The number of carbonyl (C=O) groups is 1. The number of nitrogens with zero attached hydrogens (tertiary/aromatic N) is 3. The van der Waals surface area contributed by atoms with Crippen molar-refractivity contribution in [3.05, 3.63) is 94.5 Å². The summed E-state index contributed by atoms with van der Waals surface area (Å²) in [5, 5.41) is 3.32. The van der Waals surface area contributed by atoms with Crippen LogP contribution in [-0.4, -0.2) is 61.2 Å². The molecule has 5 nitrogen and oxygen atoms in total. The topological polar surface area (TPSA) is 48.5 Å². The molecule has 2 aliphatic rings. The maximum atomic E-state index is 13.7. The van der Waals surface area contributed by atoms with Gasteiger partial charge in [0.25, 0.3) is 0 Å². The molecule has 0 unspecified atom stereocenters. The van der Waals surface area contributed by atoms with Crippen LogP contribution < -0.4 is 10.2 Å². The lowest BCUT2D eigenvalue weighted by molar-refractivity contribution is -0.141. The van der Waals surface area contributed by atoms with E-state index in [9.17, 15) is 18.0 Å². The molecule has 3 aromatic carbocycles. The van der Waals surface area contributed by atoms with Crippen LogP contribution in [0.3, 0.4) is 0 Å². The fraction of sp³-hybridized carbons (Fsp3) is 0.333. The molecule has 4 aromatic rings. The summed E-state index contributed by atoms with van der Waals surface area (Å²) in [7, 11) is 0. The summed E-state index contributed by atoms with van der Waals surface area (Å²) in [4.78, 5) is 23.3. The number of carbonyl (C=O) groups excluding carboxylic acids is 1. The van der Waals surface area contributed by atoms with E-state index in [1.165, 1.54) is 0 Å². The number of anilines is 1. The largest absolute Gasteiger partial charge is 0.405 e. The van der Waals surface area contributed by atoms with Crippen LogP contribution in [0.5, 0.6) is 0 Å². The summed E-state index contributed by atoms with van der Waals surface area (Å²) in [6.07, 6.45) is -2.47. The van der Waals surface area contributed by atoms with E-state index in [1.54, 1.807) is 0 Å². The van der Waals surface area contributed by atoms with Gasteiger partial charge in [-0.15, -0.1) is 0 Å². The lowest BCUT2D eigenvalue weighted by Gasteiger charge is -2.36. The average molecular weight is 638 g/mol. The fourth-order valence-electron chi connectivity index (χ4n) is 6.49. The van der Waals surface area contributed by atoms with E-state index in [4.69, 9.17) is 4.98 Å². The number of fused-ring (bicyclic) bond motifs is 4. The van der Waals surface area contributed by atoms with Crippen molar-refractivity contribution in [2.45, 2.75) is 30.9 Å². The second-order valence-electron chi connectivity index (χ2n) is 11.1. The molecule has 0 radical (unpaired) electrons. The highest BCUT2D eigenvalue weighted by atomic mass is 79.9. The number of amides is 1. The third kappa shape index (κ3) is 5.52. The minimum Gasteiger partial charge on any atom is -0.354 e. The number of aromatic nitrogens is 1. The van der Waals surface area contributed by atoms with E-state index >= 15 is 0 Å². The van der Waals surface area contributed by atoms with E-state index in [0.29, 0.717) is 12.8 Å². The molecular formula is C33H32BrF3N4O. The summed E-state index contributed by atoms with van der Waals surface area (Å²) >= 11 is 3.61. The number of para-hydroxylation sites is 1. The van der Waals surface area contributed by atoms with E-state index in [1.807, 2.05) is 60.7 Å². The molecule has 42 heavy (non-hydrogen) atoms. The van der Waals surface area contributed by atoms with Gasteiger partial charge in [-0.3, -0.25) is 9.69 Å². The highest BCUT2D eigenvalue weighted by Gasteiger charge is 2.49. The molecule has 1 aliphatic carbocycles. The van der Waals surface area contributed by atoms with Gasteiger partial charge < -0.3 is 10.2 Å². The number of alkyl halides is 3. The lowest BCUT2D eigenvalue weighted by atomic mass is 9.73. The molecule has 218 valence electrons. The third-order valence-electron chi connectivity index (χ3n) is 8.53. The van der Waals surface area contributed by atoms with Crippen molar-refractivity contribution >= 4 is 38.6 Å². The Labute approximate surface area is 251 Å². The van der Waals surface area contributed by atoms with Gasteiger partial charge in [-0.1, -0.05) is 67.1 Å². The molecule has 2 heterocycles. The van der Waals surface area contributed by atoms with E-state index in [0.717, 1.165) is 82.6 Å². The van der Waals surface area contributed by atoms with E-state index < -0.39 is 24.0 Å². The minimum absolute atomic E-state index is 0.445. The van der Waals surface area contributed by atoms with Crippen molar-refractivity contribution in [2.75, 3.05) is 44.2 Å². The first kappa shape index (κ1) is 28.7. The Bertz CT molecular complexity index is 1550. The summed E-state index contributed by atoms with van der Waals surface area (Å²) < 4.78 is 40.4. The summed E-state index contributed by atoms with van der Waals surface area (Å²) in [5.41, 5.74) is 3.22. The molecule has 0 saturated carbocycles. The van der Waals surface area contributed by atoms with E-state index in [-0.39, 0.29) is 0 Å². The average Bonchev–Trinajstić information content (AvgIpc) is 3.29. The Balaban J connectivity index is 1.12. The van der Waals surface area contributed by atoms with Crippen LogP contribution in [0.1, 0.15) is 30.4 Å².